The second-order valence-electron chi connectivity index (χ2n) is 6.92. The Kier molecular flexibility index (Phi) is 7.38. The van der Waals surface area contributed by atoms with Crippen molar-refractivity contribution in [2.75, 3.05) is 19.6 Å². The van der Waals surface area contributed by atoms with E-state index in [1.54, 1.807) is 0 Å². The zero-order valence-corrected chi connectivity index (χ0v) is 14.1. The van der Waals surface area contributed by atoms with Crippen LogP contribution in [0, 0.1) is 17.8 Å². The van der Waals surface area contributed by atoms with Crippen molar-refractivity contribution in [1.82, 2.24) is 10.2 Å². The smallest absolute Gasteiger partial charge is 0.0108 e. The van der Waals surface area contributed by atoms with E-state index in [0.29, 0.717) is 6.04 Å². The molecule has 0 aromatic rings. The highest BCUT2D eigenvalue weighted by Crippen LogP contribution is 2.34. The third-order valence-electron chi connectivity index (χ3n) is 5.04. The second-order valence-corrected chi connectivity index (χ2v) is 6.92. The van der Waals surface area contributed by atoms with E-state index in [1.165, 1.54) is 32.4 Å². The van der Waals surface area contributed by atoms with Crippen LogP contribution in [0.1, 0.15) is 60.8 Å². The van der Waals surface area contributed by atoms with Crippen molar-refractivity contribution < 1.29 is 0 Å². The average molecular weight is 268 g/mol. The first-order valence-corrected chi connectivity index (χ1v) is 8.46. The lowest BCUT2D eigenvalue weighted by atomic mass is 9.73. The summed E-state index contributed by atoms with van der Waals surface area (Å²) in [7, 11) is 0. The van der Waals surface area contributed by atoms with Crippen molar-refractivity contribution in [2.24, 2.45) is 17.8 Å². The van der Waals surface area contributed by atoms with Gasteiger partial charge in [-0.3, -0.25) is 0 Å². The maximum atomic E-state index is 3.74. The van der Waals surface area contributed by atoms with Crippen molar-refractivity contribution >= 4 is 0 Å². The summed E-state index contributed by atoms with van der Waals surface area (Å²) in [6.45, 7) is 17.6. The van der Waals surface area contributed by atoms with Gasteiger partial charge in [0.1, 0.15) is 0 Å². The molecular weight excluding hydrogens is 232 g/mol. The van der Waals surface area contributed by atoms with E-state index in [0.717, 1.165) is 30.3 Å². The summed E-state index contributed by atoms with van der Waals surface area (Å²) in [6.07, 6.45) is 4.20. The first-order valence-electron chi connectivity index (χ1n) is 8.46. The molecule has 0 aromatic carbocycles. The second kappa shape index (κ2) is 8.26. The number of nitrogens with one attached hydrogen (secondary N) is 1. The maximum absolute atomic E-state index is 3.74. The molecule has 0 saturated heterocycles. The van der Waals surface area contributed by atoms with Crippen LogP contribution in [-0.4, -0.2) is 36.6 Å². The van der Waals surface area contributed by atoms with E-state index in [1.807, 2.05) is 0 Å². The van der Waals surface area contributed by atoms with Gasteiger partial charge in [-0.05, 0) is 64.0 Å². The highest BCUT2D eigenvalue weighted by molar-refractivity contribution is 4.87. The Hall–Kier alpha value is -0.0800. The molecule has 0 spiro atoms. The molecule has 0 bridgehead atoms. The highest BCUT2D eigenvalue weighted by atomic mass is 15.1. The fraction of sp³-hybridized carbons (Fsp3) is 1.00. The van der Waals surface area contributed by atoms with E-state index in [-0.39, 0.29) is 0 Å². The van der Waals surface area contributed by atoms with Gasteiger partial charge in [0.25, 0.3) is 0 Å². The van der Waals surface area contributed by atoms with Crippen LogP contribution in [0.25, 0.3) is 0 Å². The number of rotatable bonds is 7. The van der Waals surface area contributed by atoms with Crippen molar-refractivity contribution in [2.45, 2.75) is 72.9 Å². The molecule has 1 N–H and O–H groups in total. The molecule has 0 amide bonds. The van der Waals surface area contributed by atoms with Gasteiger partial charge in [-0.1, -0.05) is 27.7 Å². The number of hydrogen-bond donors (Lipinski definition) is 1. The SMILES string of the molecule is CCNC1CCC(C(C)C)CC1CN(CC)C(C)C. The molecule has 2 nitrogen and oxygen atoms in total. The van der Waals surface area contributed by atoms with Crippen LogP contribution in [0.4, 0.5) is 0 Å². The summed E-state index contributed by atoms with van der Waals surface area (Å²) in [4.78, 5) is 2.64. The lowest BCUT2D eigenvalue weighted by Gasteiger charge is -2.41. The molecule has 2 heteroatoms. The lowest BCUT2D eigenvalue weighted by Crippen LogP contribution is -2.47. The van der Waals surface area contributed by atoms with Crippen LogP contribution in [0.2, 0.25) is 0 Å². The third-order valence-corrected chi connectivity index (χ3v) is 5.04. The standard InChI is InChI=1S/C17H36N2/c1-7-18-17-10-9-15(13(3)4)11-16(17)12-19(8-2)14(5)6/h13-18H,7-12H2,1-6H3. The average Bonchev–Trinajstić information content (AvgIpc) is 2.37. The first-order chi connectivity index (χ1) is 8.99. The van der Waals surface area contributed by atoms with Crippen LogP contribution < -0.4 is 5.32 Å². The molecule has 1 saturated carbocycles. The van der Waals surface area contributed by atoms with Gasteiger partial charge in [-0.15, -0.1) is 0 Å². The van der Waals surface area contributed by atoms with Gasteiger partial charge in [0.15, 0.2) is 0 Å². The molecule has 1 rings (SSSR count). The fourth-order valence-electron chi connectivity index (χ4n) is 3.64. The predicted molar refractivity (Wildman–Crippen MR) is 85.5 cm³/mol. The summed E-state index contributed by atoms with van der Waals surface area (Å²) < 4.78 is 0. The van der Waals surface area contributed by atoms with E-state index < -0.39 is 0 Å². The minimum atomic E-state index is 0.673. The highest BCUT2D eigenvalue weighted by Gasteiger charge is 2.32. The van der Waals surface area contributed by atoms with Gasteiger partial charge in [0.2, 0.25) is 0 Å². The Bertz CT molecular complexity index is 237. The zero-order valence-electron chi connectivity index (χ0n) is 14.1. The Balaban J connectivity index is 2.65. The van der Waals surface area contributed by atoms with Crippen LogP contribution in [0.15, 0.2) is 0 Å². The summed E-state index contributed by atoms with van der Waals surface area (Å²) in [6, 6.07) is 1.42. The monoisotopic (exact) mass is 268 g/mol. The van der Waals surface area contributed by atoms with Gasteiger partial charge in [-0.25, -0.2) is 0 Å². The van der Waals surface area contributed by atoms with Crippen LogP contribution in [-0.2, 0) is 0 Å². The Morgan fingerprint density at radius 3 is 2.26 bits per heavy atom. The molecule has 114 valence electrons. The molecule has 0 aromatic heterocycles. The van der Waals surface area contributed by atoms with E-state index in [4.69, 9.17) is 0 Å². The largest absolute Gasteiger partial charge is 0.314 e. The minimum Gasteiger partial charge on any atom is -0.314 e. The Morgan fingerprint density at radius 2 is 1.79 bits per heavy atom. The molecule has 1 aliphatic carbocycles. The van der Waals surface area contributed by atoms with Crippen molar-refractivity contribution in [3.63, 3.8) is 0 Å². The topological polar surface area (TPSA) is 15.3 Å². The van der Waals surface area contributed by atoms with Gasteiger partial charge in [-0.2, -0.15) is 0 Å². The molecule has 0 radical (unpaired) electrons. The molecule has 0 heterocycles. The number of hydrogen-bond acceptors (Lipinski definition) is 2. The van der Waals surface area contributed by atoms with Crippen LogP contribution in [0.5, 0.6) is 0 Å². The summed E-state index contributed by atoms with van der Waals surface area (Å²) in [5.74, 6) is 2.62. The molecule has 0 aliphatic heterocycles. The van der Waals surface area contributed by atoms with Crippen molar-refractivity contribution in [3.8, 4) is 0 Å². The Labute approximate surface area is 121 Å². The van der Waals surface area contributed by atoms with Gasteiger partial charge in [0.05, 0.1) is 0 Å². The summed E-state index contributed by atoms with van der Waals surface area (Å²) >= 11 is 0. The molecule has 3 unspecified atom stereocenters. The molecule has 1 fully saturated rings. The maximum Gasteiger partial charge on any atom is 0.0108 e. The van der Waals surface area contributed by atoms with E-state index in [2.05, 4.69) is 51.8 Å². The van der Waals surface area contributed by atoms with Crippen molar-refractivity contribution in [1.29, 1.82) is 0 Å². The third kappa shape index (κ3) is 5.07. The summed E-state index contributed by atoms with van der Waals surface area (Å²) in [5, 5.41) is 3.74. The van der Waals surface area contributed by atoms with E-state index >= 15 is 0 Å². The predicted octanol–water partition coefficient (Wildman–Crippen LogP) is 3.77. The molecular formula is C17H36N2. The minimum absolute atomic E-state index is 0.673. The van der Waals surface area contributed by atoms with Crippen LogP contribution >= 0.6 is 0 Å². The van der Waals surface area contributed by atoms with E-state index in [9.17, 15) is 0 Å². The number of nitrogens with zero attached hydrogens (tertiary/aromatic N) is 1. The lowest BCUT2D eigenvalue weighted by molar-refractivity contribution is 0.110. The normalized spacial score (nSPS) is 28.6. The zero-order chi connectivity index (χ0) is 14.4. The quantitative estimate of drug-likeness (QED) is 0.756. The summed E-state index contributed by atoms with van der Waals surface area (Å²) in [5.41, 5.74) is 0. The first kappa shape index (κ1) is 17.0. The molecule has 19 heavy (non-hydrogen) atoms. The van der Waals surface area contributed by atoms with Gasteiger partial charge in [0, 0.05) is 18.6 Å². The Morgan fingerprint density at radius 1 is 1.11 bits per heavy atom. The molecule has 1 aliphatic rings. The van der Waals surface area contributed by atoms with Crippen molar-refractivity contribution in [3.05, 3.63) is 0 Å². The van der Waals surface area contributed by atoms with Gasteiger partial charge < -0.3 is 10.2 Å². The van der Waals surface area contributed by atoms with Crippen LogP contribution in [0.3, 0.4) is 0 Å². The fourth-order valence-corrected chi connectivity index (χ4v) is 3.64. The molecule has 3 atom stereocenters. The van der Waals surface area contributed by atoms with Gasteiger partial charge >= 0.3 is 0 Å².